The van der Waals surface area contributed by atoms with E-state index in [4.69, 9.17) is 16.3 Å². The van der Waals surface area contributed by atoms with Crippen LogP contribution in [-0.4, -0.2) is 40.8 Å². The number of nitrogens with zero attached hydrogens (tertiary/aromatic N) is 3. The molecule has 2 aromatic heterocycles. The van der Waals surface area contributed by atoms with Gasteiger partial charge in [0.25, 0.3) is 0 Å². The number of aromatic nitrogens is 2. The lowest BCUT2D eigenvalue weighted by Crippen LogP contribution is -2.49. The van der Waals surface area contributed by atoms with Crippen LogP contribution in [-0.2, 0) is 4.74 Å². The van der Waals surface area contributed by atoms with Crippen LogP contribution in [0.15, 0.2) is 18.5 Å². The van der Waals surface area contributed by atoms with Gasteiger partial charge in [-0.1, -0.05) is 11.6 Å². The molecule has 0 aromatic carbocycles. The zero-order valence-corrected chi connectivity index (χ0v) is 15.8. The van der Waals surface area contributed by atoms with Crippen LogP contribution in [0.3, 0.4) is 0 Å². The molecule has 1 fully saturated rings. The van der Waals surface area contributed by atoms with E-state index in [0.29, 0.717) is 29.7 Å². The minimum Gasteiger partial charge on any atom is -0.444 e. The minimum atomic E-state index is -0.560. The maximum atomic E-state index is 14.6. The molecule has 1 atom stereocenters. The van der Waals surface area contributed by atoms with Crippen LogP contribution < -0.4 is 10.2 Å². The van der Waals surface area contributed by atoms with Gasteiger partial charge in [0.05, 0.1) is 23.6 Å². The van der Waals surface area contributed by atoms with E-state index in [0.717, 1.165) is 12.8 Å². The minimum absolute atomic E-state index is 0.126. The number of fused-ring (bicyclic) bond motifs is 1. The van der Waals surface area contributed by atoms with Gasteiger partial charge in [-0.05, 0) is 39.7 Å². The monoisotopic (exact) mass is 380 g/mol. The summed E-state index contributed by atoms with van der Waals surface area (Å²) in [6, 6.07) is 1.49. The van der Waals surface area contributed by atoms with Crippen molar-refractivity contribution >= 4 is 34.3 Å². The van der Waals surface area contributed by atoms with Crippen LogP contribution >= 0.6 is 11.6 Å². The van der Waals surface area contributed by atoms with Gasteiger partial charge < -0.3 is 15.0 Å². The Balaban J connectivity index is 1.82. The number of hydrogen-bond acceptors (Lipinski definition) is 5. The highest BCUT2D eigenvalue weighted by Gasteiger charge is 2.27. The average molecular weight is 381 g/mol. The summed E-state index contributed by atoms with van der Waals surface area (Å²) in [4.78, 5) is 22.0. The number of carbonyl (C=O) groups excluding carboxylic acids is 1. The van der Waals surface area contributed by atoms with Crippen molar-refractivity contribution in [3.8, 4) is 0 Å². The Bertz CT molecular complexity index is 819. The fraction of sp³-hybridized carbons (Fsp3) is 0.500. The first-order chi connectivity index (χ1) is 12.2. The predicted molar refractivity (Wildman–Crippen MR) is 99.1 cm³/mol. The van der Waals surface area contributed by atoms with Crippen molar-refractivity contribution in [2.45, 2.75) is 45.3 Å². The highest BCUT2D eigenvalue weighted by molar-refractivity contribution is 6.30. The number of alkyl carbamates (subject to hydrolysis) is 1. The van der Waals surface area contributed by atoms with Crippen LogP contribution in [0.1, 0.15) is 33.6 Å². The maximum Gasteiger partial charge on any atom is 0.407 e. The van der Waals surface area contributed by atoms with E-state index in [9.17, 15) is 9.18 Å². The van der Waals surface area contributed by atoms with Crippen LogP contribution in [0.2, 0.25) is 5.15 Å². The molecule has 0 aliphatic carbocycles. The van der Waals surface area contributed by atoms with E-state index in [1.807, 2.05) is 25.7 Å². The van der Waals surface area contributed by atoms with Gasteiger partial charge in [0.15, 0.2) is 5.82 Å². The summed E-state index contributed by atoms with van der Waals surface area (Å²) < 4.78 is 19.9. The van der Waals surface area contributed by atoms with Gasteiger partial charge in [0.2, 0.25) is 0 Å². The summed E-state index contributed by atoms with van der Waals surface area (Å²) in [6.45, 7) is 6.61. The van der Waals surface area contributed by atoms with E-state index >= 15 is 0 Å². The zero-order chi connectivity index (χ0) is 18.9. The highest BCUT2D eigenvalue weighted by atomic mass is 35.5. The van der Waals surface area contributed by atoms with Crippen LogP contribution in [0.25, 0.3) is 10.9 Å². The molecule has 0 bridgehead atoms. The molecular weight excluding hydrogens is 359 g/mol. The largest absolute Gasteiger partial charge is 0.444 e. The second kappa shape index (κ2) is 7.23. The van der Waals surface area contributed by atoms with Gasteiger partial charge in [-0.15, -0.1) is 0 Å². The number of rotatable bonds is 2. The Morgan fingerprint density at radius 2 is 2.15 bits per heavy atom. The van der Waals surface area contributed by atoms with E-state index < -0.39 is 17.5 Å². The predicted octanol–water partition coefficient (Wildman–Crippen LogP) is 3.92. The maximum absolute atomic E-state index is 14.6. The van der Waals surface area contributed by atoms with E-state index in [1.54, 1.807) is 6.07 Å². The Labute approximate surface area is 156 Å². The molecule has 3 rings (SSSR count). The first-order valence-electron chi connectivity index (χ1n) is 8.57. The quantitative estimate of drug-likeness (QED) is 0.800. The molecule has 2 aromatic rings. The summed E-state index contributed by atoms with van der Waals surface area (Å²) >= 11 is 5.99. The first-order valence-corrected chi connectivity index (χ1v) is 8.95. The van der Waals surface area contributed by atoms with Crippen molar-refractivity contribution in [3.63, 3.8) is 0 Å². The molecule has 0 saturated carbocycles. The van der Waals surface area contributed by atoms with Gasteiger partial charge in [0, 0.05) is 24.5 Å². The number of carbonyl (C=O) groups is 1. The molecule has 140 valence electrons. The molecule has 1 unspecified atom stereocenters. The Morgan fingerprint density at radius 3 is 2.88 bits per heavy atom. The third kappa shape index (κ3) is 4.33. The van der Waals surface area contributed by atoms with E-state index in [2.05, 4.69) is 15.3 Å². The van der Waals surface area contributed by atoms with Crippen LogP contribution in [0.5, 0.6) is 0 Å². The third-order valence-corrected chi connectivity index (χ3v) is 4.31. The van der Waals surface area contributed by atoms with Gasteiger partial charge in [-0.25, -0.2) is 14.2 Å². The standard InChI is InChI=1S/C18H22ClFN4O2/c1-18(2,3)26-17(25)23-11-5-4-6-24(10-11)16-12-7-15(19)22-9-14(12)21-8-13(16)20/h7-9,11H,4-6,10H2,1-3H3,(H,23,25). The third-order valence-electron chi connectivity index (χ3n) is 4.11. The van der Waals surface area contributed by atoms with Crippen molar-refractivity contribution in [1.82, 2.24) is 15.3 Å². The number of ether oxygens (including phenoxy) is 1. The molecule has 1 amide bonds. The molecule has 0 radical (unpaired) electrons. The number of pyridine rings is 2. The van der Waals surface area contributed by atoms with E-state index in [-0.39, 0.29) is 11.2 Å². The molecule has 6 nitrogen and oxygen atoms in total. The molecular formula is C18H22ClFN4O2. The fourth-order valence-electron chi connectivity index (χ4n) is 3.12. The summed E-state index contributed by atoms with van der Waals surface area (Å²) in [5.74, 6) is -0.419. The number of anilines is 1. The van der Waals surface area contributed by atoms with Crippen molar-refractivity contribution < 1.29 is 13.9 Å². The molecule has 1 N–H and O–H groups in total. The second-order valence-corrected chi connectivity index (χ2v) is 7.80. The van der Waals surface area contributed by atoms with Crippen LogP contribution in [0.4, 0.5) is 14.9 Å². The summed E-state index contributed by atoms with van der Waals surface area (Å²) in [5, 5.41) is 3.77. The lowest BCUT2D eigenvalue weighted by atomic mass is 10.0. The fourth-order valence-corrected chi connectivity index (χ4v) is 3.28. The van der Waals surface area contributed by atoms with Crippen molar-refractivity contribution in [2.24, 2.45) is 0 Å². The Morgan fingerprint density at radius 1 is 1.38 bits per heavy atom. The molecule has 3 heterocycles. The van der Waals surface area contributed by atoms with Gasteiger partial charge in [-0.3, -0.25) is 4.98 Å². The lowest BCUT2D eigenvalue weighted by Gasteiger charge is -2.35. The molecule has 1 aliphatic heterocycles. The smallest absolute Gasteiger partial charge is 0.407 e. The molecule has 0 spiro atoms. The van der Waals surface area contributed by atoms with Gasteiger partial charge in [-0.2, -0.15) is 0 Å². The van der Waals surface area contributed by atoms with Crippen LogP contribution in [0, 0.1) is 5.82 Å². The number of hydrogen-bond donors (Lipinski definition) is 1. The molecule has 8 heteroatoms. The lowest BCUT2D eigenvalue weighted by molar-refractivity contribution is 0.0500. The normalized spacial score (nSPS) is 18.0. The summed E-state index contributed by atoms with van der Waals surface area (Å²) in [5.41, 5.74) is 0.457. The zero-order valence-electron chi connectivity index (χ0n) is 15.1. The molecule has 1 aliphatic rings. The molecule has 1 saturated heterocycles. The SMILES string of the molecule is CC(C)(C)OC(=O)NC1CCCN(c2c(F)cnc3cnc(Cl)cc23)C1. The first kappa shape index (κ1) is 18.6. The summed E-state index contributed by atoms with van der Waals surface area (Å²) in [6.07, 6.45) is 3.89. The Kier molecular flexibility index (Phi) is 5.18. The topological polar surface area (TPSA) is 67.3 Å². The summed E-state index contributed by atoms with van der Waals surface area (Å²) in [7, 11) is 0. The van der Waals surface area contributed by atoms with Crippen molar-refractivity contribution in [1.29, 1.82) is 0 Å². The van der Waals surface area contributed by atoms with E-state index in [1.165, 1.54) is 12.4 Å². The number of halogens is 2. The van der Waals surface area contributed by atoms with Gasteiger partial charge in [0.1, 0.15) is 10.8 Å². The van der Waals surface area contributed by atoms with Crippen molar-refractivity contribution in [2.75, 3.05) is 18.0 Å². The highest BCUT2D eigenvalue weighted by Crippen LogP contribution is 2.31. The Hall–Kier alpha value is -2.15. The van der Waals surface area contributed by atoms with Gasteiger partial charge >= 0.3 is 6.09 Å². The number of piperidine rings is 1. The molecule has 26 heavy (non-hydrogen) atoms. The number of amides is 1. The average Bonchev–Trinajstić information content (AvgIpc) is 2.53. The number of nitrogens with one attached hydrogen (secondary N) is 1. The van der Waals surface area contributed by atoms with Crippen molar-refractivity contribution in [3.05, 3.63) is 29.4 Å². The second-order valence-electron chi connectivity index (χ2n) is 7.41.